The summed E-state index contributed by atoms with van der Waals surface area (Å²) in [5.41, 5.74) is 2.55. The Labute approximate surface area is 181 Å². The monoisotopic (exact) mass is 460 g/mol. The Morgan fingerprint density at radius 1 is 1.07 bits per heavy atom. The maximum Gasteiger partial charge on any atom is 0.296 e. The lowest BCUT2D eigenvalue weighted by Gasteiger charge is -2.24. The van der Waals surface area contributed by atoms with E-state index in [9.17, 15) is 9.59 Å². The second-order valence-electron chi connectivity index (χ2n) is 7.18. The molecule has 6 heteroatoms. The minimum atomic E-state index is -0.604. The van der Waals surface area contributed by atoms with Crippen molar-refractivity contribution < 1.29 is 9.21 Å². The van der Waals surface area contributed by atoms with Gasteiger partial charge in [0, 0.05) is 10.7 Å². The van der Waals surface area contributed by atoms with Gasteiger partial charge in [-0.15, -0.1) is 0 Å². The SMILES string of the molecule is CCc1ccc(C2c3c(oc4ccc(Br)cc4c3=O)C(=O)N2c2ccccn2)cc1. The van der Waals surface area contributed by atoms with Gasteiger partial charge in [-0.1, -0.05) is 53.2 Å². The quantitative estimate of drug-likeness (QED) is 0.418. The minimum Gasteiger partial charge on any atom is -0.450 e. The number of pyridine rings is 1. The molecule has 0 aliphatic carbocycles. The average molecular weight is 461 g/mol. The lowest BCUT2D eigenvalue weighted by molar-refractivity contribution is 0.0970. The molecule has 2 aromatic carbocycles. The van der Waals surface area contributed by atoms with Crippen molar-refractivity contribution in [3.63, 3.8) is 0 Å². The number of benzene rings is 2. The first-order chi connectivity index (χ1) is 14.6. The predicted molar refractivity (Wildman–Crippen MR) is 119 cm³/mol. The number of carbonyl (C=O) groups is 1. The van der Waals surface area contributed by atoms with E-state index in [4.69, 9.17) is 4.42 Å². The topological polar surface area (TPSA) is 63.4 Å². The molecule has 0 spiro atoms. The van der Waals surface area contributed by atoms with Gasteiger partial charge in [-0.25, -0.2) is 4.98 Å². The fraction of sp³-hybridized carbons (Fsp3) is 0.125. The first-order valence-electron chi connectivity index (χ1n) is 9.68. The van der Waals surface area contributed by atoms with Crippen LogP contribution in [0.2, 0.25) is 0 Å². The number of amides is 1. The number of hydrogen-bond acceptors (Lipinski definition) is 4. The Bertz CT molecular complexity index is 1330. The summed E-state index contributed by atoms with van der Waals surface area (Å²) < 4.78 is 6.74. The third-order valence-electron chi connectivity index (χ3n) is 5.43. The molecule has 0 bridgehead atoms. The molecule has 5 rings (SSSR count). The molecule has 1 aliphatic heterocycles. The molecule has 1 atom stereocenters. The molecule has 0 radical (unpaired) electrons. The van der Waals surface area contributed by atoms with Crippen LogP contribution in [0.5, 0.6) is 0 Å². The molecule has 5 nitrogen and oxygen atoms in total. The Kier molecular flexibility index (Phi) is 4.51. The Balaban J connectivity index is 1.80. The number of halogens is 1. The van der Waals surface area contributed by atoms with Gasteiger partial charge in [0.1, 0.15) is 11.4 Å². The largest absolute Gasteiger partial charge is 0.450 e. The van der Waals surface area contributed by atoms with E-state index >= 15 is 0 Å². The number of fused-ring (bicyclic) bond motifs is 2. The summed E-state index contributed by atoms with van der Waals surface area (Å²) >= 11 is 3.42. The molecule has 0 N–H and O–H groups in total. The standard InChI is InChI=1S/C24H17BrN2O3/c1-2-14-6-8-15(9-7-14)21-20-22(28)17-13-16(25)10-11-18(17)30-23(20)24(29)27(21)19-5-3-4-12-26-19/h3-13,21H,2H2,1H3. The summed E-state index contributed by atoms with van der Waals surface area (Å²) in [5, 5.41) is 0.439. The van der Waals surface area contributed by atoms with Gasteiger partial charge in [0.05, 0.1) is 17.0 Å². The van der Waals surface area contributed by atoms with E-state index in [2.05, 4.69) is 27.8 Å². The van der Waals surface area contributed by atoms with Gasteiger partial charge in [0.2, 0.25) is 5.76 Å². The number of hydrogen-bond donors (Lipinski definition) is 0. The first-order valence-corrected chi connectivity index (χ1v) is 10.5. The minimum absolute atomic E-state index is 0.0741. The molecule has 0 fully saturated rings. The number of carbonyl (C=O) groups excluding carboxylic acids is 1. The van der Waals surface area contributed by atoms with Crippen LogP contribution in [-0.4, -0.2) is 10.9 Å². The van der Waals surface area contributed by atoms with E-state index < -0.39 is 6.04 Å². The van der Waals surface area contributed by atoms with E-state index in [1.165, 1.54) is 5.56 Å². The van der Waals surface area contributed by atoms with Crippen molar-refractivity contribution >= 4 is 38.6 Å². The lowest BCUT2D eigenvalue weighted by atomic mass is 9.97. The van der Waals surface area contributed by atoms with Crippen LogP contribution in [0, 0.1) is 0 Å². The van der Waals surface area contributed by atoms with E-state index in [1.54, 1.807) is 41.4 Å². The van der Waals surface area contributed by atoms with E-state index in [1.807, 2.05) is 30.3 Å². The first kappa shape index (κ1) is 18.8. The van der Waals surface area contributed by atoms with Crippen molar-refractivity contribution in [3.05, 3.63) is 104 Å². The highest BCUT2D eigenvalue weighted by Crippen LogP contribution is 2.40. The molecule has 1 aliphatic rings. The van der Waals surface area contributed by atoms with Crippen LogP contribution in [0.15, 0.2) is 80.5 Å². The van der Waals surface area contributed by atoms with Crippen molar-refractivity contribution in [1.82, 2.24) is 4.98 Å². The van der Waals surface area contributed by atoms with Crippen molar-refractivity contribution in [2.75, 3.05) is 4.90 Å². The van der Waals surface area contributed by atoms with E-state index in [0.717, 1.165) is 16.5 Å². The van der Waals surface area contributed by atoms with Gasteiger partial charge in [-0.3, -0.25) is 14.5 Å². The summed E-state index contributed by atoms with van der Waals surface area (Å²) in [7, 11) is 0. The number of rotatable bonds is 3. The predicted octanol–water partition coefficient (Wildman–Crippen LogP) is 5.26. The zero-order valence-electron chi connectivity index (χ0n) is 16.1. The van der Waals surface area contributed by atoms with Crippen LogP contribution in [0.4, 0.5) is 5.82 Å². The summed E-state index contributed by atoms with van der Waals surface area (Å²) in [5.74, 6) is 0.184. The van der Waals surface area contributed by atoms with E-state index in [0.29, 0.717) is 22.4 Å². The molecule has 2 aromatic heterocycles. The van der Waals surface area contributed by atoms with Gasteiger partial charge in [-0.05, 0) is 47.9 Å². The van der Waals surface area contributed by atoms with Crippen LogP contribution in [0.3, 0.4) is 0 Å². The third kappa shape index (κ3) is 2.87. The number of nitrogens with zero attached hydrogens (tertiary/aromatic N) is 2. The third-order valence-corrected chi connectivity index (χ3v) is 5.93. The fourth-order valence-corrected chi connectivity index (χ4v) is 4.29. The highest BCUT2D eigenvalue weighted by molar-refractivity contribution is 9.10. The Morgan fingerprint density at radius 3 is 2.57 bits per heavy atom. The molecule has 1 amide bonds. The molecule has 1 unspecified atom stereocenters. The van der Waals surface area contributed by atoms with Gasteiger partial charge < -0.3 is 4.42 Å². The highest BCUT2D eigenvalue weighted by Gasteiger charge is 2.44. The summed E-state index contributed by atoms with van der Waals surface area (Å²) in [6, 6.07) is 18.0. The lowest BCUT2D eigenvalue weighted by Crippen LogP contribution is -2.30. The molecule has 4 aromatic rings. The van der Waals surface area contributed by atoms with Gasteiger partial charge in [0.25, 0.3) is 5.91 Å². The maximum absolute atomic E-state index is 13.5. The smallest absolute Gasteiger partial charge is 0.296 e. The summed E-state index contributed by atoms with van der Waals surface area (Å²) in [4.78, 5) is 32.8. The summed E-state index contributed by atoms with van der Waals surface area (Å²) in [6.07, 6.45) is 2.54. The normalized spacial score (nSPS) is 15.6. The van der Waals surface area contributed by atoms with Crippen molar-refractivity contribution in [2.45, 2.75) is 19.4 Å². The van der Waals surface area contributed by atoms with Crippen LogP contribution in [-0.2, 0) is 6.42 Å². The molecule has 30 heavy (non-hydrogen) atoms. The van der Waals surface area contributed by atoms with Crippen LogP contribution >= 0.6 is 15.9 Å². The van der Waals surface area contributed by atoms with Crippen molar-refractivity contribution in [1.29, 1.82) is 0 Å². The second-order valence-corrected chi connectivity index (χ2v) is 8.09. The van der Waals surface area contributed by atoms with Gasteiger partial charge >= 0.3 is 0 Å². The van der Waals surface area contributed by atoms with Crippen molar-refractivity contribution in [2.24, 2.45) is 0 Å². The zero-order chi connectivity index (χ0) is 20.8. The van der Waals surface area contributed by atoms with Crippen LogP contribution in [0.1, 0.15) is 40.2 Å². The zero-order valence-corrected chi connectivity index (χ0v) is 17.7. The van der Waals surface area contributed by atoms with Crippen LogP contribution < -0.4 is 10.3 Å². The molecular formula is C24H17BrN2O3. The molecule has 3 heterocycles. The molecule has 148 valence electrons. The van der Waals surface area contributed by atoms with Crippen LogP contribution in [0.25, 0.3) is 11.0 Å². The molecule has 0 saturated heterocycles. The Morgan fingerprint density at radius 2 is 1.87 bits per heavy atom. The van der Waals surface area contributed by atoms with Gasteiger partial charge in [0.15, 0.2) is 5.43 Å². The average Bonchev–Trinajstić information content (AvgIpc) is 3.07. The summed E-state index contributed by atoms with van der Waals surface area (Å²) in [6.45, 7) is 2.09. The Hall–Kier alpha value is -3.25. The maximum atomic E-state index is 13.5. The number of aromatic nitrogens is 1. The van der Waals surface area contributed by atoms with E-state index in [-0.39, 0.29) is 17.1 Å². The highest BCUT2D eigenvalue weighted by atomic mass is 79.9. The number of anilines is 1. The second kappa shape index (κ2) is 7.22. The fourth-order valence-electron chi connectivity index (χ4n) is 3.93. The molecule has 0 saturated carbocycles. The molecular weight excluding hydrogens is 444 g/mol. The van der Waals surface area contributed by atoms with Gasteiger partial charge in [-0.2, -0.15) is 0 Å². The van der Waals surface area contributed by atoms with Crippen molar-refractivity contribution in [3.8, 4) is 0 Å². The number of aryl methyl sites for hydroxylation is 1.